The number of amides is 1. The molecule has 1 aliphatic heterocycles. The highest BCUT2D eigenvalue weighted by molar-refractivity contribution is 5.79. The molecule has 1 fully saturated rings. The molecule has 0 saturated carbocycles. The van der Waals surface area contributed by atoms with E-state index in [9.17, 15) is 14.3 Å². The lowest BCUT2D eigenvalue weighted by Crippen LogP contribution is -2.33. The molecule has 2 aromatic rings. The molecule has 3 rings (SSSR count). The average molecular weight is 314 g/mol. The fraction of sp³-hybridized carbons (Fsp3) is 0.333. The molecule has 0 bridgehead atoms. The van der Waals surface area contributed by atoms with Crippen molar-refractivity contribution in [3.05, 3.63) is 65.2 Å². The number of aliphatic hydroxyl groups excluding tert-OH is 1. The number of rotatable bonds is 3. The number of halogens is 1. The van der Waals surface area contributed by atoms with Gasteiger partial charge in [-0.3, -0.25) is 9.78 Å². The van der Waals surface area contributed by atoms with Crippen LogP contribution in [0.1, 0.15) is 29.3 Å². The van der Waals surface area contributed by atoms with Crippen LogP contribution in [0.5, 0.6) is 0 Å². The maximum absolute atomic E-state index is 13.1. The van der Waals surface area contributed by atoms with Crippen molar-refractivity contribution < 1.29 is 14.3 Å². The van der Waals surface area contributed by atoms with Crippen molar-refractivity contribution in [1.29, 1.82) is 0 Å². The second-order valence-corrected chi connectivity index (χ2v) is 5.99. The number of hydrogen-bond acceptors (Lipinski definition) is 3. The first-order valence-corrected chi connectivity index (χ1v) is 7.67. The van der Waals surface area contributed by atoms with Gasteiger partial charge in [0.1, 0.15) is 5.82 Å². The maximum atomic E-state index is 13.1. The summed E-state index contributed by atoms with van der Waals surface area (Å²) in [7, 11) is 0. The van der Waals surface area contributed by atoms with Gasteiger partial charge >= 0.3 is 0 Å². The number of aryl methyl sites for hydroxylation is 1. The number of hydrogen-bond donors (Lipinski definition) is 1. The fourth-order valence-electron chi connectivity index (χ4n) is 2.97. The molecule has 4 nitrogen and oxygen atoms in total. The van der Waals surface area contributed by atoms with E-state index in [2.05, 4.69) is 4.98 Å². The highest BCUT2D eigenvalue weighted by atomic mass is 19.1. The lowest BCUT2D eigenvalue weighted by Gasteiger charge is -2.25. The first-order valence-electron chi connectivity index (χ1n) is 7.67. The number of likely N-dealkylation sites (tertiary alicyclic amines) is 1. The zero-order valence-corrected chi connectivity index (χ0v) is 12.9. The Morgan fingerprint density at radius 2 is 2.04 bits per heavy atom. The minimum absolute atomic E-state index is 0.0541. The van der Waals surface area contributed by atoms with Crippen molar-refractivity contribution in [3.63, 3.8) is 0 Å². The van der Waals surface area contributed by atoms with Gasteiger partial charge in [-0.2, -0.15) is 0 Å². The summed E-state index contributed by atoms with van der Waals surface area (Å²) in [6, 6.07) is 9.66. The molecular weight excluding hydrogens is 295 g/mol. The van der Waals surface area contributed by atoms with Crippen LogP contribution in [0, 0.1) is 12.7 Å². The number of β-amino-alcohol motifs (C(OH)–C–C–N with tert-alkyl or cyclic N) is 1. The lowest BCUT2D eigenvalue weighted by molar-refractivity contribution is -0.131. The van der Waals surface area contributed by atoms with Gasteiger partial charge in [-0.15, -0.1) is 0 Å². The highest BCUT2D eigenvalue weighted by Crippen LogP contribution is 2.32. The summed E-state index contributed by atoms with van der Waals surface area (Å²) in [5, 5.41) is 9.96. The molecule has 2 heterocycles. The number of carbonyl (C=O) groups excluding carboxylic acids is 1. The Labute approximate surface area is 134 Å². The normalized spacial score (nSPS) is 20.7. The van der Waals surface area contributed by atoms with Crippen molar-refractivity contribution >= 4 is 5.91 Å². The summed E-state index contributed by atoms with van der Waals surface area (Å²) in [6.45, 7) is 2.20. The highest BCUT2D eigenvalue weighted by Gasteiger charge is 2.35. The van der Waals surface area contributed by atoms with Crippen LogP contribution in [0.3, 0.4) is 0 Å². The van der Waals surface area contributed by atoms with E-state index < -0.39 is 6.10 Å². The molecule has 0 spiro atoms. The molecule has 23 heavy (non-hydrogen) atoms. The van der Waals surface area contributed by atoms with Crippen LogP contribution in [0.4, 0.5) is 4.39 Å². The van der Waals surface area contributed by atoms with Crippen LogP contribution in [0.2, 0.25) is 0 Å². The standard InChI is InChI=1S/C18H19FN2O2/c1-12-2-3-13(10-20-12)8-18(23)21-11-16(22)9-17(21)14-4-6-15(19)7-5-14/h2-7,10,16-17,22H,8-9,11H2,1H3/t16-,17-/m1/s1. The predicted octanol–water partition coefficient (Wildman–Crippen LogP) is 2.41. The quantitative estimate of drug-likeness (QED) is 0.946. The summed E-state index contributed by atoms with van der Waals surface area (Å²) in [4.78, 5) is 18.5. The van der Waals surface area contributed by atoms with Gasteiger partial charge in [-0.1, -0.05) is 18.2 Å². The third kappa shape index (κ3) is 3.56. The topological polar surface area (TPSA) is 53.4 Å². The monoisotopic (exact) mass is 314 g/mol. The molecule has 1 aliphatic rings. The molecule has 120 valence electrons. The molecule has 1 aromatic heterocycles. The molecule has 0 aliphatic carbocycles. The van der Waals surface area contributed by atoms with Crippen LogP contribution in [-0.4, -0.2) is 33.5 Å². The van der Waals surface area contributed by atoms with Crippen molar-refractivity contribution in [2.24, 2.45) is 0 Å². The third-order valence-corrected chi connectivity index (χ3v) is 4.18. The van der Waals surface area contributed by atoms with Gasteiger partial charge in [0.2, 0.25) is 5.91 Å². The van der Waals surface area contributed by atoms with Crippen LogP contribution in [0.25, 0.3) is 0 Å². The molecule has 1 saturated heterocycles. The largest absolute Gasteiger partial charge is 0.391 e. The Kier molecular flexibility index (Phi) is 4.39. The van der Waals surface area contributed by atoms with Gasteiger partial charge < -0.3 is 10.0 Å². The molecule has 0 unspecified atom stereocenters. The zero-order valence-electron chi connectivity index (χ0n) is 12.9. The van der Waals surface area contributed by atoms with Crippen molar-refractivity contribution in [1.82, 2.24) is 9.88 Å². The number of benzene rings is 1. The molecule has 1 aromatic carbocycles. The smallest absolute Gasteiger partial charge is 0.227 e. The fourth-order valence-corrected chi connectivity index (χ4v) is 2.97. The number of nitrogens with zero attached hydrogens (tertiary/aromatic N) is 2. The summed E-state index contributed by atoms with van der Waals surface area (Å²) in [6.07, 6.45) is 1.87. The van der Waals surface area contributed by atoms with Gasteiger partial charge in [-0.25, -0.2) is 4.39 Å². The van der Waals surface area contributed by atoms with Gasteiger partial charge in [0.25, 0.3) is 0 Å². The third-order valence-electron chi connectivity index (χ3n) is 4.18. The number of pyridine rings is 1. The van der Waals surface area contributed by atoms with Crippen molar-refractivity contribution in [2.75, 3.05) is 6.54 Å². The van der Waals surface area contributed by atoms with Crippen LogP contribution >= 0.6 is 0 Å². The minimum atomic E-state index is -0.551. The minimum Gasteiger partial charge on any atom is -0.391 e. The SMILES string of the molecule is Cc1ccc(CC(=O)N2C[C@H](O)C[C@@H]2c2ccc(F)cc2)cn1. The Morgan fingerprint density at radius 1 is 1.30 bits per heavy atom. The Bertz CT molecular complexity index is 685. The summed E-state index contributed by atoms with van der Waals surface area (Å²) in [5.74, 6) is -0.363. The van der Waals surface area contributed by atoms with Gasteiger partial charge in [0.05, 0.1) is 18.6 Å². The van der Waals surface area contributed by atoms with Crippen molar-refractivity contribution in [3.8, 4) is 0 Å². The second-order valence-electron chi connectivity index (χ2n) is 5.99. The van der Waals surface area contributed by atoms with E-state index in [4.69, 9.17) is 0 Å². The molecule has 1 amide bonds. The molecule has 1 N–H and O–H groups in total. The van der Waals surface area contributed by atoms with E-state index in [1.807, 2.05) is 19.1 Å². The first kappa shape index (κ1) is 15.6. The van der Waals surface area contributed by atoms with Gasteiger partial charge in [0.15, 0.2) is 0 Å². The van der Waals surface area contributed by atoms with Crippen LogP contribution in [0.15, 0.2) is 42.6 Å². The molecular formula is C18H19FN2O2. The number of aliphatic hydroxyl groups is 1. The average Bonchev–Trinajstić information content (AvgIpc) is 2.92. The van der Waals surface area contributed by atoms with E-state index in [0.717, 1.165) is 16.8 Å². The Morgan fingerprint density at radius 3 is 2.70 bits per heavy atom. The summed E-state index contributed by atoms with van der Waals surface area (Å²) >= 11 is 0. The van der Waals surface area contributed by atoms with Crippen LogP contribution < -0.4 is 0 Å². The number of aromatic nitrogens is 1. The molecule has 5 heteroatoms. The lowest BCUT2D eigenvalue weighted by atomic mass is 10.0. The molecule has 0 radical (unpaired) electrons. The van der Waals surface area contributed by atoms with E-state index in [1.54, 1.807) is 23.2 Å². The first-order chi connectivity index (χ1) is 11.0. The van der Waals surface area contributed by atoms with E-state index in [1.165, 1.54) is 12.1 Å². The van der Waals surface area contributed by atoms with Gasteiger partial charge in [-0.05, 0) is 42.7 Å². The van der Waals surface area contributed by atoms with Crippen molar-refractivity contribution in [2.45, 2.75) is 31.9 Å². The Balaban J connectivity index is 1.77. The zero-order chi connectivity index (χ0) is 16.4. The van der Waals surface area contributed by atoms with E-state index >= 15 is 0 Å². The predicted molar refractivity (Wildman–Crippen MR) is 84.2 cm³/mol. The summed E-state index contributed by atoms with van der Waals surface area (Å²) < 4.78 is 13.1. The molecule has 2 atom stereocenters. The van der Waals surface area contributed by atoms with E-state index in [0.29, 0.717) is 13.0 Å². The maximum Gasteiger partial charge on any atom is 0.227 e. The Hall–Kier alpha value is -2.27. The van der Waals surface area contributed by atoms with E-state index in [-0.39, 0.29) is 24.2 Å². The van der Waals surface area contributed by atoms with Gasteiger partial charge in [0, 0.05) is 18.4 Å². The van der Waals surface area contributed by atoms with Crippen LogP contribution in [-0.2, 0) is 11.2 Å². The number of carbonyl (C=O) groups is 1. The summed E-state index contributed by atoms with van der Waals surface area (Å²) in [5.41, 5.74) is 2.60. The second kappa shape index (κ2) is 6.46.